The molecule has 1 saturated carbocycles. The molecule has 1 rings (SSSR count). The maximum Gasteiger partial charge on any atom is 0.317 e. The van der Waals surface area contributed by atoms with Gasteiger partial charge in [0.15, 0.2) is 0 Å². The number of carbonyl (C=O) groups excluding carboxylic acids is 2. The lowest BCUT2D eigenvalue weighted by Crippen LogP contribution is -2.43. The van der Waals surface area contributed by atoms with E-state index in [1.54, 1.807) is 4.90 Å². The molecule has 0 aromatic rings. The summed E-state index contributed by atoms with van der Waals surface area (Å²) < 4.78 is 0. The molecule has 0 spiro atoms. The van der Waals surface area contributed by atoms with Gasteiger partial charge in [0, 0.05) is 32.1 Å². The summed E-state index contributed by atoms with van der Waals surface area (Å²) in [6.45, 7) is 3.09. The molecule has 0 aromatic heterocycles. The summed E-state index contributed by atoms with van der Waals surface area (Å²) in [5, 5.41) is 14.1. The van der Waals surface area contributed by atoms with Crippen LogP contribution >= 0.6 is 0 Å². The van der Waals surface area contributed by atoms with E-state index >= 15 is 0 Å². The van der Waals surface area contributed by atoms with Crippen molar-refractivity contribution in [3.8, 4) is 0 Å². The Balaban J connectivity index is 2.24. The normalized spacial score (nSPS) is 13.7. The van der Waals surface area contributed by atoms with Gasteiger partial charge in [0.05, 0.1) is 6.42 Å². The summed E-state index contributed by atoms with van der Waals surface area (Å²) in [6.07, 6.45) is 2.90. The Morgan fingerprint density at radius 3 is 2.40 bits per heavy atom. The molecule has 1 fully saturated rings. The molecule has 0 aliphatic heterocycles. The van der Waals surface area contributed by atoms with Crippen LogP contribution in [0.15, 0.2) is 0 Å². The minimum absolute atomic E-state index is 0.0547. The molecule has 0 heterocycles. The Morgan fingerprint density at radius 1 is 1.15 bits per heavy atom. The fraction of sp³-hybridized carbons (Fsp3) is 0.769. The third kappa shape index (κ3) is 6.40. The van der Waals surface area contributed by atoms with Crippen LogP contribution in [0.3, 0.4) is 0 Å². The first-order valence-corrected chi connectivity index (χ1v) is 7.07. The minimum Gasteiger partial charge on any atom is -0.481 e. The second-order valence-corrected chi connectivity index (χ2v) is 4.90. The number of nitrogens with one attached hydrogen (secondary N) is 2. The van der Waals surface area contributed by atoms with Crippen LogP contribution in [-0.4, -0.2) is 53.6 Å². The van der Waals surface area contributed by atoms with Crippen molar-refractivity contribution in [3.05, 3.63) is 0 Å². The largest absolute Gasteiger partial charge is 0.481 e. The molecule has 20 heavy (non-hydrogen) atoms. The number of amides is 3. The van der Waals surface area contributed by atoms with Gasteiger partial charge in [-0.3, -0.25) is 9.59 Å². The number of aliphatic carboxylic acids is 1. The highest BCUT2D eigenvalue weighted by Crippen LogP contribution is 2.26. The molecule has 1 aliphatic rings. The van der Waals surface area contributed by atoms with Crippen LogP contribution in [0.2, 0.25) is 0 Å². The van der Waals surface area contributed by atoms with E-state index in [9.17, 15) is 14.4 Å². The lowest BCUT2D eigenvalue weighted by Gasteiger charge is -2.22. The van der Waals surface area contributed by atoms with E-state index in [1.807, 2.05) is 6.92 Å². The fourth-order valence-corrected chi connectivity index (χ4v) is 1.79. The summed E-state index contributed by atoms with van der Waals surface area (Å²) in [5.41, 5.74) is 0. The Morgan fingerprint density at radius 2 is 1.85 bits per heavy atom. The summed E-state index contributed by atoms with van der Waals surface area (Å²) in [4.78, 5) is 35.4. The summed E-state index contributed by atoms with van der Waals surface area (Å²) >= 11 is 0. The topological polar surface area (TPSA) is 98.7 Å². The molecule has 0 atom stereocenters. The predicted octanol–water partition coefficient (Wildman–Crippen LogP) is 0.551. The van der Waals surface area contributed by atoms with Crippen molar-refractivity contribution < 1.29 is 19.5 Å². The molecule has 3 amide bonds. The zero-order chi connectivity index (χ0) is 15.0. The molecule has 3 N–H and O–H groups in total. The van der Waals surface area contributed by atoms with Gasteiger partial charge in [0.25, 0.3) is 0 Å². The van der Waals surface area contributed by atoms with E-state index in [1.165, 1.54) is 0 Å². The number of carboxylic acid groups (broad SMARTS) is 1. The first-order chi connectivity index (χ1) is 9.54. The van der Waals surface area contributed by atoms with E-state index in [4.69, 9.17) is 5.11 Å². The van der Waals surface area contributed by atoms with Gasteiger partial charge in [-0.15, -0.1) is 0 Å². The Hall–Kier alpha value is -1.79. The molecule has 114 valence electrons. The van der Waals surface area contributed by atoms with Crippen molar-refractivity contribution in [2.75, 3.05) is 19.6 Å². The second kappa shape index (κ2) is 8.39. The Kier molecular flexibility index (Phi) is 6.83. The number of carboxylic acids is 1. The van der Waals surface area contributed by atoms with Gasteiger partial charge >= 0.3 is 12.0 Å². The standard InChI is InChI=1S/C13H23N3O4/c1-2-7-14-11(17)5-8-15-13(20)16(10-3-4-10)9-6-12(18)19/h10H,2-9H2,1H3,(H,14,17)(H,15,20)(H,18,19). The predicted molar refractivity (Wildman–Crippen MR) is 73.3 cm³/mol. The van der Waals surface area contributed by atoms with Crippen LogP contribution in [0.5, 0.6) is 0 Å². The summed E-state index contributed by atoms with van der Waals surface area (Å²) in [7, 11) is 0. The SMILES string of the molecule is CCCNC(=O)CCNC(=O)N(CCC(=O)O)C1CC1. The van der Waals surface area contributed by atoms with Crippen LogP contribution < -0.4 is 10.6 Å². The van der Waals surface area contributed by atoms with Gasteiger partial charge in [-0.2, -0.15) is 0 Å². The number of carbonyl (C=O) groups is 3. The first-order valence-electron chi connectivity index (χ1n) is 7.07. The van der Waals surface area contributed by atoms with Gasteiger partial charge in [0.2, 0.25) is 5.91 Å². The molecular weight excluding hydrogens is 262 g/mol. The Bertz CT molecular complexity index is 356. The molecule has 7 nitrogen and oxygen atoms in total. The summed E-state index contributed by atoms with van der Waals surface area (Å²) in [6, 6.07) is -0.125. The van der Waals surface area contributed by atoms with Crippen molar-refractivity contribution in [1.29, 1.82) is 0 Å². The molecule has 0 radical (unpaired) electrons. The van der Waals surface area contributed by atoms with Crippen LogP contribution in [0, 0.1) is 0 Å². The first kappa shape index (κ1) is 16.3. The number of hydrogen-bond donors (Lipinski definition) is 3. The number of urea groups is 1. The van der Waals surface area contributed by atoms with Crippen molar-refractivity contribution >= 4 is 17.9 Å². The van der Waals surface area contributed by atoms with Crippen molar-refractivity contribution in [3.63, 3.8) is 0 Å². The highest BCUT2D eigenvalue weighted by molar-refractivity contribution is 5.78. The average Bonchev–Trinajstić information content (AvgIpc) is 3.20. The highest BCUT2D eigenvalue weighted by Gasteiger charge is 2.32. The molecule has 0 saturated heterocycles. The lowest BCUT2D eigenvalue weighted by molar-refractivity contribution is -0.137. The number of nitrogens with zero attached hydrogens (tertiary/aromatic N) is 1. The molecule has 0 unspecified atom stereocenters. The third-order valence-corrected chi connectivity index (χ3v) is 3.02. The molecule has 0 bridgehead atoms. The molecule has 0 aromatic carbocycles. The van der Waals surface area contributed by atoms with Gasteiger partial charge in [-0.25, -0.2) is 4.79 Å². The average molecular weight is 285 g/mol. The number of rotatable bonds is 9. The van der Waals surface area contributed by atoms with Crippen molar-refractivity contribution in [1.82, 2.24) is 15.5 Å². The second-order valence-electron chi connectivity index (χ2n) is 4.90. The van der Waals surface area contributed by atoms with Gasteiger partial charge in [-0.1, -0.05) is 6.92 Å². The van der Waals surface area contributed by atoms with Crippen LogP contribution in [0.25, 0.3) is 0 Å². The number of hydrogen-bond acceptors (Lipinski definition) is 3. The van der Waals surface area contributed by atoms with E-state index in [2.05, 4.69) is 10.6 Å². The van der Waals surface area contributed by atoms with E-state index in [-0.39, 0.29) is 43.9 Å². The maximum atomic E-state index is 11.9. The zero-order valence-corrected chi connectivity index (χ0v) is 11.9. The van der Waals surface area contributed by atoms with Crippen LogP contribution in [0.1, 0.15) is 39.0 Å². The quantitative estimate of drug-likeness (QED) is 0.576. The smallest absolute Gasteiger partial charge is 0.317 e. The monoisotopic (exact) mass is 285 g/mol. The maximum absolute atomic E-state index is 11.9. The molecular formula is C13H23N3O4. The van der Waals surface area contributed by atoms with E-state index in [0.29, 0.717) is 6.54 Å². The van der Waals surface area contributed by atoms with Crippen LogP contribution in [0.4, 0.5) is 4.79 Å². The fourth-order valence-electron chi connectivity index (χ4n) is 1.79. The van der Waals surface area contributed by atoms with Crippen molar-refractivity contribution in [2.24, 2.45) is 0 Å². The Labute approximate surface area is 118 Å². The summed E-state index contributed by atoms with van der Waals surface area (Å²) in [5.74, 6) is -1.00. The van der Waals surface area contributed by atoms with Crippen molar-refractivity contribution in [2.45, 2.75) is 45.1 Å². The molecule has 7 heteroatoms. The van der Waals surface area contributed by atoms with Gasteiger partial charge in [-0.05, 0) is 19.3 Å². The van der Waals surface area contributed by atoms with Gasteiger partial charge in [0.1, 0.15) is 0 Å². The molecule has 1 aliphatic carbocycles. The van der Waals surface area contributed by atoms with Crippen LogP contribution in [-0.2, 0) is 9.59 Å². The zero-order valence-electron chi connectivity index (χ0n) is 11.9. The minimum atomic E-state index is -0.914. The highest BCUT2D eigenvalue weighted by atomic mass is 16.4. The van der Waals surface area contributed by atoms with Gasteiger partial charge < -0.3 is 20.6 Å². The lowest BCUT2D eigenvalue weighted by atomic mass is 10.3. The van der Waals surface area contributed by atoms with E-state index < -0.39 is 5.97 Å². The third-order valence-electron chi connectivity index (χ3n) is 3.02. The van der Waals surface area contributed by atoms with E-state index in [0.717, 1.165) is 19.3 Å².